The zero-order valence-corrected chi connectivity index (χ0v) is 13.9. The van der Waals surface area contributed by atoms with Crippen LogP contribution in [0.25, 0.3) is 0 Å². The highest BCUT2D eigenvalue weighted by Crippen LogP contribution is 2.18. The van der Waals surface area contributed by atoms with Crippen LogP contribution in [0.1, 0.15) is 31.0 Å². The molecule has 5 heteroatoms. The Morgan fingerprint density at radius 2 is 1.87 bits per heavy atom. The van der Waals surface area contributed by atoms with Gasteiger partial charge in [-0.1, -0.05) is 35.9 Å². The molecule has 0 bridgehead atoms. The number of nitrogens with one attached hydrogen (secondary N) is 2. The molecule has 0 unspecified atom stereocenters. The first kappa shape index (κ1) is 17.0. The first-order valence-corrected chi connectivity index (χ1v) is 7.73. The second-order valence-electron chi connectivity index (χ2n) is 5.40. The van der Waals surface area contributed by atoms with Crippen LogP contribution in [0.2, 0.25) is 5.02 Å². The minimum atomic E-state index is -0.157. The molecule has 23 heavy (non-hydrogen) atoms. The Bertz CT molecular complexity index is 716. The summed E-state index contributed by atoms with van der Waals surface area (Å²) in [5, 5.41) is 6.30. The van der Waals surface area contributed by atoms with E-state index in [2.05, 4.69) is 10.6 Å². The van der Waals surface area contributed by atoms with E-state index < -0.39 is 0 Å². The third-order valence-corrected chi connectivity index (χ3v) is 3.57. The molecule has 2 rings (SSSR count). The first-order valence-electron chi connectivity index (χ1n) is 7.35. The third kappa shape index (κ3) is 5.42. The van der Waals surface area contributed by atoms with Crippen molar-refractivity contribution in [3.8, 4) is 0 Å². The number of carbonyl (C=O) groups is 2. The average molecular weight is 331 g/mol. The molecule has 0 aliphatic carbocycles. The first-order chi connectivity index (χ1) is 10.9. The predicted molar refractivity (Wildman–Crippen MR) is 92.5 cm³/mol. The Labute approximate surface area is 140 Å². The highest BCUT2D eigenvalue weighted by atomic mass is 35.5. The van der Waals surface area contributed by atoms with Crippen LogP contribution in [0.4, 0.5) is 5.69 Å². The van der Waals surface area contributed by atoms with Crippen LogP contribution in [-0.4, -0.2) is 11.8 Å². The number of hydrogen-bond acceptors (Lipinski definition) is 2. The van der Waals surface area contributed by atoms with Crippen LogP contribution in [0.5, 0.6) is 0 Å². The van der Waals surface area contributed by atoms with E-state index in [1.807, 2.05) is 43.3 Å². The van der Waals surface area contributed by atoms with Crippen molar-refractivity contribution in [3.05, 3.63) is 64.7 Å². The highest BCUT2D eigenvalue weighted by molar-refractivity contribution is 6.30. The van der Waals surface area contributed by atoms with Crippen molar-refractivity contribution >= 4 is 29.1 Å². The normalized spacial score (nSPS) is 11.6. The van der Waals surface area contributed by atoms with Crippen molar-refractivity contribution in [1.29, 1.82) is 0 Å². The molecule has 0 saturated carbocycles. The number of benzene rings is 2. The monoisotopic (exact) mass is 330 g/mol. The van der Waals surface area contributed by atoms with Gasteiger partial charge in [-0.2, -0.15) is 0 Å². The summed E-state index contributed by atoms with van der Waals surface area (Å²) in [6.07, 6.45) is 0.274. The van der Waals surface area contributed by atoms with E-state index in [9.17, 15) is 9.59 Å². The summed E-state index contributed by atoms with van der Waals surface area (Å²) in [7, 11) is 0. The molecule has 0 aliphatic rings. The van der Waals surface area contributed by atoms with E-state index in [0.717, 1.165) is 11.1 Å². The lowest BCUT2D eigenvalue weighted by Crippen LogP contribution is -2.28. The lowest BCUT2D eigenvalue weighted by Gasteiger charge is -2.15. The van der Waals surface area contributed by atoms with Crippen LogP contribution >= 0.6 is 11.6 Å². The average Bonchev–Trinajstić information content (AvgIpc) is 2.46. The maximum atomic E-state index is 12.1. The lowest BCUT2D eigenvalue weighted by molar-refractivity contribution is -0.121. The van der Waals surface area contributed by atoms with Gasteiger partial charge in [-0.3, -0.25) is 9.59 Å². The fourth-order valence-corrected chi connectivity index (χ4v) is 2.51. The number of rotatable bonds is 5. The molecule has 4 nitrogen and oxygen atoms in total. The van der Waals surface area contributed by atoms with E-state index in [-0.39, 0.29) is 24.3 Å². The number of carbonyl (C=O) groups excluding carboxylic acids is 2. The molecule has 120 valence electrons. The Morgan fingerprint density at radius 3 is 2.57 bits per heavy atom. The van der Waals surface area contributed by atoms with Crippen molar-refractivity contribution in [2.24, 2.45) is 0 Å². The van der Waals surface area contributed by atoms with E-state index >= 15 is 0 Å². The van der Waals surface area contributed by atoms with Crippen molar-refractivity contribution in [1.82, 2.24) is 5.32 Å². The van der Waals surface area contributed by atoms with Gasteiger partial charge in [0.05, 0.1) is 12.5 Å². The van der Waals surface area contributed by atoms with Gasteiger partial charge in [0.15, 0.2) is 0 Å². The summed E-state index contributed by atoms with van der Waals surface area (Å²) in [5.41, 5.74) is 2.51. The Balaban J connectivity index is 1.99. The van der Waals surface area contributed by atoms with Gasteiger partial charge in [0.1, 0.15) is 0 Å². The van der Waals surface area contributed by atoms with Gasteiger partial charge in [-0.15, -0.1) is 0 Å². The van der Waals surface area contributed by atoms with Crippen LogP contribution in [-0.2, 0) is 16.0 Å². The SMILES string of the molecule is CC(=O)Nc1cccc([C@H](C)NC(=O)Cc2cccc(Cl)c2)c1. The molecule has 0 saturated heterocycles. The molecule has 0 radical (unpaired) electrons. The second kappa shape index (κ2) is 7.79. The molecular weight excluding hydrogens is 312 g/mol. The zero-order valence-electron chi connectivity index (χ0n) is 13.1. The van der Waals surface area contributed by atoms with E-state index in [1.54, 1.807) is 12.1 Å². The molecule has 0 aliphatic heterocycles. The van der Waals surface area contributed by atoms with E-state index in [1.165, 1.54) is 6.92 Å². The summed E-state index contributed by atoms with van der Waals surface area (Å²) in [4.78, 5) is 23.3. The van der Waals surface area contributed by atoms with Crippen LogP contribution in [0, 0.1) is 0 Å². The van der Waals surface area contributed by atoms with Crippen molar-refractivity contribution in [2.45, 2.75) is 26.3 Å². The quantitative estimate of drug-likeness (QED) is 0.877. The predicted octanol–water partition coefficient (Wildman–Crippen LogP) is 3.72. The van der Waals surface area contributed by atoms with Crippen LogP contribution in [0.3, 0.4) is 0 Å². The van der Waals surface area contributed by atoms with Gasteiger partial charge in [-0.25, -0.2) is 0 Å². The summed E-state index contributed by atoms with van der Waals surface area (Å²) in [6, 6.07) is 14.5. The maximum absolute atomic E-state index is 12.1. The van der Waals surface area contributed by atoms with Gasteiger partial charge in [-0.05, 0) is 42.3 Å². The summed E-state index contributed by atoms with van der Waals surface area (Å²) >= 11 is 5.92. The smallest absolute Gasteiger partial charge is 0.224 e. The van der Waals surface area contributed by atoms with Gasteiger partial charge < -0.3 is 10.6 Å². The molecule has 2 amide bonds. The van der Waals surface area contributed by atoms with E-state index in [4.69, 9.17) is 11.6 Å². The van der Waals surface area contributed by atoms with Gasteiger partial charge in [0.25, 0.3) is 0 Å². The van der Waals surface area contributed by atoms with Crippen LogP contribution < -0.4 is 10.6 Å². The van der Waals surface area contributed by atoms with Crippen LogP contribution in [0.15, 0.2) is 48.5 Å². The summed E-state index contributed by atoms with van der Waals surface area (Å²) in [5.74, 6) is -0.204. The second-order valence-corrected chi connectivity index (χ2v) is 5.84. The topological polar surface area (TPSA) is 58.2 Å². The van der Waals surface area contributed by atoms with Crippen molar-refractivity contribution in [2.75, 3.05) is 5.32 Å². The molecule has 2 aromatic rings. The fourth-order valence-electron chi connectivity index (χ4n) is 2.30. The minimum Gasteiger partial charge on any atom is -0.349 e. The molecule has 0 spiro atoms. The van der Waals surface area contributed by atoms with E-state index in [0.29, 0.717) is 10.7 Å². The minimum absolute atomic E-state index is 0.0790. The molecular formula is C18H19ClN2O2. The van der Waals surface area contributed by atoms with Crippen molar-refractivity contribution < 1.29 is 9.59 Å². The number of amides is 2. The third-order valence-electron chi connectivity index (χ3n) is 3.34. The number of anilines is 1. The Kier molecular flexibility index (Phi) is 5.77. The molecule has 2 N–H and O–H groups in total. The summed E-state index contributed by atoms with van der Waals surface area (Å²) < 4.78 is 0. The molecule has 1 atom stereocenters. The molecule has 0 aromatic heterocycles. The number of hydrogen-bond donors (Lipinski definition) is 2. The maximum Gasteiger partial charge on any atom is 0.224 e. The van der Waals surface area contributed by atoms with Gasteiger partial charge >= 0.3 is 0 Å². The molecule has 0 heterocycles. The number of halogens is 1. The largest absolute Gasteiger partial charge is 0.349 e. The Morgan fingerprint density at radius 1 is 1.13 bits per heavy atom. The summed E-state index contributed by atoms with van der Waals surface area (Å²) in [6.45, 7) is 3.37. The fraction of sp³-hybridized carbons (Fsp3) is 0.222. The van der Waals surface area contributed by atoms with Crippen molar-refractivity contribution in [3.63, 3.8) is 0 Å². The zero-order chi connectivity index (χ0) is 16.8. The van der Waals surface area contributed by atoms with Gasteiger partial charge in [0.2, 0.25) is 11.8 Å². The standard InChI is InChI=1S/C18H19ClN2O2/c1-12(15-6-4-8-17(11-15)21-13(2)22)20-18(23)10-14-5-3-7-16(19)9-14/h3-9,11-12H,10H2,1-2H3,(H,20,23)(H,21,22)/t12-/m0/s1. The molecule has 0 fully saturated rings. The van der Waals surface area contributed by atoms with Gasteiger partial charge in [0, 0.05) is 17.6 Å². The Hall–Kier alpha value is -2.33. The lowest BCUT2D eigenvalue weighted by atomic mass is 10.1. The highest BCUT2D eigenvalue weighted by Gasteiger charge is 2.11. The molecule has 2 aromatic carbocycles.